The van der Waals surface area contributed by atoms with Crippen LogP contribution in [0.4, 0.5) is 0 Å². The van der Waals surface area contributed by atoms with E-state index in [2.05, 4.69) is 22.8 Å². The van der Waals surface area contributed by atoms with Gasteiger partial charge in [0.05, 0.1) is 0 Å². The maximum Gasteiger partial charge on any atom is 0.251 e. The third-order valence-corrected chi connectivity index (χ3v) is 5.87. The average Bonchev–Trinajstić information content (AvgIpc) is 2.79. The third kappa shape index (κ3) is 6.19. The molecule has 1 atom stereocenters. The zero-order valence-corrected chi connectivity index (χ0v) is 19.2. The molecule has 32 heavy (non-hydrogen) atoms. The van der Waals surface area contributed by atoms with Crippen LogP contribution in [0.2, 0.25) is 0 Å². The molecular formula is C26H33N3O3. The fourth-order valence-electron chi connectivity index (χ4n) is 3.97. The molecule has 2 aromatic rings. The molecule has 0 bridgehead atoms. The summed E-state index contributed by atoms with van der Waals surface area (Å²) in [6.07, 6.45) is 1.85. The van der Waals surface area contributed by atoms with E-state index < -0.39 is 6.04 Å². The van der Waals surface area contributed by atoms with Crippen LogP contribution in [-0.2, 0) is 22.6 Å². The van der Waals surface area contributed by atoms with E-state index in [0.717, 1.165) is 18.5 Å². The van der Waals surface area contributed by atoms with Crippen LogP contribution in [0.15, 0.2) is 48.5 Å². The van der Waals surface area contributed by atoms with Crippen molar-refractivity contribution < 1.29 is 14.4 Å². The van der Waals surface area contributed by atoms with E-state index in [0.29, 0.717) is 31.5 Å². The van der Waals surface area contributed by atoms with Crippen molar-refractivity contribution in [1.29, 1.82) is 0 Å². The minimum atomic E-state index is -0.627. The second kappa shape index (κ2) is 10.9. The van der Waals surface area contributed by atoms with Gasteiger partial charge in [-0.2, -0.15) is 0 Å². The van der Waals surface area contributed by atoms with Gasteiger partial charge in [-0.3, -0.25) is 14.4 Å². The third-order valence-electron chi connectivity index (χ3n) is 5.87. The standard InChI is InChI=1S/C26H33N3O3/c1-18(2)24(28-25(31)21-11-6-8-19(3)16-21)26(32)27-14-7-12-23(30)29-15-13-20-9-4-5-10-22(20)17-29/h4-6,8-11,16,18,24H,7,12-15,17H2,1-3H3,(H,27,32)(H,28,31). The molecular weight excluding hydrogens is 402 g/mol. The lowest BCUT2D eigenvalue weighted by molar-refractivity contribution is -0.132. The van der Waals surface area contributed by atoms with Crippen molar-refractivity contribution in [2.24, 2.45) is 5.92 Å². The van der Waals surface area contributed by atoms with Crippen LogP contribution in [0.3, 0.4) is 0 Å². The molecule has 0 radical (unpaired) electrons. The maximum atomic E-state index is 12.7. The Bertz CT molecular complexity index is 970. The zero-order valence-electron chi connectivity index (χ0n) is 19.2. The number of hydrogen-bond donors (Lipinski definition) is 2. The highest BCUT2D eigenvalue weighted by molar-refractivity contribution is 5.97. The quantitative estimate of drug-likeness (QED) is 0.625. The van der Waals surface area contributed by atoms with E-state index in [1.807, 2.05) is 49.9 Å². The number of amides is 3. The van der Waals surface area contributed by atoms with E-state index in [4.69, 9.17) is 0 Å². The number of carbonyl (C=O) groups excluding carboxylic acids is 3. The van der Waals surface area contributed by atoms with Crippen LogP contribution in [-0.4, -0.2) is 41.8 Å². The highest BCUT2D eigenvalue weighted by Gasteiger charge is 2.25. The number of nitrogens with one attached hydrogen (secondary N) is 2. The minimum Gasteiger partial charge on any atom is -0.354 e. The number of fused-ring (bicyclic) bond motifs is 1. The summed E-state index contributed by atoms with van der Waals surface area (Å²) in [5, 5.41) is 5.73. The number of benzene rings is 2. The highest BCUT2D eigenvalue weighted by Crippen LogP contribution is 2.19. The normalized spacial score (nSPS) is 13.9. The molecule has 0 saturated carbocycles. The van der Waals surface area contributed by atoms with Gasteiger partial charge in [0.2, 0.25) is 11.8 Å². The molecule has 2 N–H and O–H groups in total. The van der Waals surface area contributed by atoms with Gasteiger partial charge in [-0.15, -0.1) is 0 Å². The molecule has 0 spiro atoms. The van der Waals surface area contributed by atoms with Crippen molar-refractivity contribution in [2.45, 2.75) is 52.6 Å². The molecule has 6 heteroatoms. The Labute approximate surface area is 190 Å². The maximum absolute atomic E-state index is 12.7. The van der Waals surface area contributed by atoms with Crippen molar-refractivity contribution >= 4 is 17.7 Å². The molecule has 1 aliphatic rings. The summed E-state index contributed by atoms with van der Waals surface area (Å²) < 4.78 is 0. The van der Waals surface area contributed by atoms with Gasteiger partial charge in [0, 0.05) is 31.6 Å². The first-order valence-electron chi connectivity index (χ1n) is 11.3. The Morgan fingerprint density at radius 3 is 2.50 bits per heavy atom. The topological polar surface area (TPSA) is 78.5 Å². The predicted octanol–water partition coefficient (Wildman–Crippen LogP) is 3.23. The Kier molecular flexibility index (Phi) is 8.03. The zero-order chi connectivity index (χ0) is 23.1. The van der Waals surface area contributed by atoms with Gasteiger partial charge < -0.3 is 15.5 Å². The summed E-state index contributed by atoms with van der Waals surface area (Å²) in [6, 6.07) is 14.9. The predicted molar refractivity (Wildman–Crippen MR) is 125 cm³/mol. The van der Waals surface area contributed by atoms with E-state index >= 15 is 0 Å². The SMILES string of the molecule is Cc1cccc(C(=O)NC(C(=O)NCCCC(=O)N2CCc3ccccc3C2)C(C)C)c1. The van der Waals surface area contributed by atoms with Gasteiger partial charge in [-0.05, 0) is 48.9 Å². The van der Waals surface area contributed by atoms with Gasteiger partial charge in [-0.25, -0.2) is 0 Å². The van der Waals surface area contributed by atoms with Gasteiger partial charge in [0.1, 0.15) is 6.04 Å². The first-order chi connectivity index (χ1) is 15.3. The van der Waals surface area contributed by atoms with Crippen LogP contribution in [0.1, 0.15) is 53.7 Å². The monoisotopic (exact) mass is 435 g/mol. The lowest BCUT2D eigenvalue weighted by Gasteiger charge is -2.29. The number of rotatable bonds is 8. The molecule has 0 fully saturated rings. The summed E-state index contributed by atoms with van der Waals surface area (Å²) in [6.45, 7) is 7.52. The van der Waals surface area contributed by atoms with Crippen molar-refractivity contribution in [1.82, 2.24) is 15.5 Å². The van der Waals surface area contributed by atoms with Crippen molar-refractivity contribution in [3.63, 3.8) is 0 Å². The molecule has 3 rings (SSSR count). The molecule has 6 nitrogen and oxygen atoms in total. The Morgan fingerprint density at radius 1 is 1.03 bits per heavy atom. The van der Waals surface area contributed by atoms with E-state index in [-0.39, 0.29) is 23.6 Å². The Hall–Kier alpha value is -3.15. The molecule has 3 amide bonds. The smallest absolute Gasteiger partial charge is 0.251 e. The van der Waals surface area contributed by atoms with Crippen LogP contribution < -0.4 is 10.6 Å². The molecule has 1 aliphatic heterocycles. The number of carbonyl (C=O) groups is 3. The fraction of sp³-hybridized carbons (Fsp3) is 0.423. The molecule has 0 aliphatic carbocycles. The number of aryl methyl sites for hydroxylation is 1. The Morgan fingerprint density at radius 2 is 1.78 bits per heavy atom. The van der Waals surface area contributed by atoms with Gasteiger partial charge >= 0.3 is 0 Å². The van der Waals surface area contributed by atoms with Crippen molar-refractivity contribution in [2.75, 3.05) is 13.1 Å². The van der Waals surface area contributed by atoms with Gasteiger partial charge in [-0.1, -0.05) is 55.8 Å². The van der Waals surface area contributed by atoms with Gasteiger partial charge in [0.25, 0.3) is 5.91 Å². The first kappa shape index (κ1) is 23.5. The second-order valence-corrected chi connectivity index (χ2v) is 8.79. The van der Waals surface area contributed by atoms with Crippen LogP contribution in [0.5, 0.6) is 0 Å². The molecule has 1 unspecified atom stereocenters. The largest absolute Gasteiger partial charge is 0.354 e. The summed E-state index contributed by atoms with van der Waals surface area (Å²) >= 11 is 0. The number of nitrogens with zero attached hydrogens (tertiary/aromatic N) is 1. The molecule has 170 valence electrons. The molecule has 1 heterocycles. The second-order valence-electron chi connectivity index (χ2n) is 8.79. The number of hydrogen-bond acceptors (Lipinski definition) is 3. The van der Waals surface area contributed by atoms with E-state index in [9.17, 15) is 14.4 Å². The van der Waals surface area contributed by atoms with Gasteiger partial charge in [0.15, 0.2) is 0 Å². The molecule has 0 aromatic heterocycles. The van der Waals surface area contributed by atoms with Crippen LogP contribution >= 0.6 is 0 Å². The molecule has 2 aromatic carbocycles. The van der Waals surface area contributed by atoms with Crippen molar-refractivity contribution in [3.05, 3.63) is 70.8 Å². The summed E-state index contributed by atoms with van der Waals surface area (Å²) in [5.74, 6) is -0.427. The molecule has 0 saturated heterocycles. The van der Waals surface area contributed by atoms with E-state index in [1.165, 1.54) is 11.1 Å². The van der Waals surface area contributed by atoms with Crippen LogP contribution in [0.25, 0.3) is 0 Å². The minimum absolute atomic E-state index is 0.0567. The highest BCUT2D eigenvalue weighted by atomic mass is 16.2. The summed E-state index contributed by atoms with van der Waals surface area (Å²) in [7, 11) is 0. The lowest BCUT2D eigenvalue weighted by atomic mass is 9.99. The average molecular weight is 436 g/mol. The fourth-order valence-corrected chi connectivity index (χ4v) is 3.97. The lowest BCUT2D eigenvalue weighted by Crippen LogP contribution is -2.50. The van der Waals surface area contributed by atoms with Crippen molar-refractivity contribution in [3.8, 4) is 0 Å². The summed E-state index contributed by atoms with van der Waals surface area (Å²) in [4.78, 5) is 39.7. The van der Waals surface area contributed by atoms with E-state index in [1.54, 1.807) is 12.1 Å². The Balaban J connectivity index is 1.44. The first-order valence-corrected chi connectivity index (χ1v) is 11.3. The van der Waals surface area contributed by atoms with Crippen LogP contribution in [0, 0.1) is 12.8 Å². The summed E-state index contributed by atoms with van der Waals surface area (Å²) in [5.41, 5.74) is 4.06.